The molecular weight excluding hydrogens is 232 g/mol. The van der Waals surface area contributed by atoms with Crippen molar-refractivity contribution in [2.75, 3.05) is 19.8 Å². The summed E-state index contributed by atoms with van der Waals surface area (Å²) in [6.07, 6.45) is 0. The summed E-state index contributed by atoms with van der Waals surface area (Å²) in [7, 11) is 0. The summed E-state index contributed by atoms with van der Waals surface area (Å²) in [6, 6.07) is 9.24. The first kappa shape index (κ1) is 14.5. The Bertz CT molecular complexity index is 411. The molecule has 0 fully saturated rings. The minimum atomic E-state index is -0.705. The second-order valence-corrected chi connectivity index (χ2v) is 4.32. The van der Waals surface area contributed by atoms with Crippen LogP contribution in [-0.4, -0.2) is 35.6 Å². The van der Waals surface area contributed by atoms with Crippen molar-refractivity contribution in [1.82, 2.24) is 5.32 Å². The normalized spacial score (nSPS) is 11.0. The number of nitrogens with zero attached hydrogens (tertiary/aromatic N) is 1. The Labute approximate surface area is 107 Å². The molecule has 5 heteroatoms. The number of benzene rings is 1. The summed E-state index contributed by atoms with van der Waals surface area (Å²) in [6.45, 7) is 1.97. The molecule has 0 heterocycles. The lowest BCUT2D eigenvalue weighted by Crippen LogP contribution is -2.48. The first-order valence-electron chi connectivity index (χ1n) is 5.69. The number of aliphatic hydroxyl groups excluding tert-OH is 2. The zero-order valence-corrected chi connectivity index (χ0v) is 10.4. The van der Waals surface area contributed by atoms with E-state index >= 15 is 0 Å². The van der Waals surface area contributed by atoms with Crippen molar-refractivity contribution in [2.45, 2.75) is 19.0 Å². The van der Waals surface area contributed by atoms with E-state index in [-0.39, 0.29) is 19.8 Å². The van der Waals surface area contributed by atoms with Gasteiger partial charge in [-0.1, -0.05) is 12.1 Å². The van der Waals surface area contributed by atoms with Crippen LogP contribution in [-0.2, 0) is 6.54 Å². The van der Waals surface area contributed by atoms with Gasteiger partial charge in [0.2, 0.25) is 0 Å². The summed E-state index contributed by atoms with van der Waals surface area (Å²) in [5, 5.41) is 29.8. The van der Waals surface area contributed by atoms with Crippen LogP contribution in [0.5, 0.6) is 5.75 Å². The van der Waals surface area contributed by atoms with Crippen LogP contribution in [0.25, 0.3) is 0 Å². The fourth-order valence-electron chi connectivity index (χ4n) is 1.34. The maximum Gasteiger partial charge on any atom is 0.174 e. The quantitative estimate of drug-likeness (QED) is 0.653. The lowest BCUT2D eigenvalue weighted by molar-refractivity contribution is 0.103. The Hall–Kier alpha value is -1.61. The van der Waals surface area contributed by atoms with Gasteiger partial charge in [0.25, 0.3) is 0 Å². The van der Waals surface area contributed by atoms with Gasteiger partial charge in [-0.15, -0.1) is 0 Å². The smallest absolute Gasteiger partial charge is 0.174 e. The number of hydrogen-bond donors (Lipinski definition) is 3. The highest BCUT2D eigenvalue weighted by atomic mass is 16.5. The highest BCUT2D eigenvalue weighted by Gasteiger charge is 2.20. The van der Waals surface area contributed by atoms with Gasteiger partial charge in [0.1, 0.15) is 11.8 Å². The molecule has 0 spiro atoms. The first-order valence-corrected chi connectivity index (χ1v) is 5.69. The molecule has 1 aromatic rings. The Morgan fingerprint density at radius 1 is 1.39 bits per heavy atom. The van der Waals surface area contributed by atoms with E-state index in [1.807, 2.05) is 24.3 Å². The average Bonchev–Trinajstić information content (AvgIpc) is 2.43. The molecule has 5 nitrogen and oxygen atoms in total. The molecule has 0 bridgehead atoms. The molecule has 0 aliphatic heterocycles. The Morgan fingerprint density at radius 3 is 2.72 bits per heavy atom. The summed E-state index contributed by atoms with van der Waals surface area (Å²) in [5.74, 6) is 0.630. The topological polar surface area (TPSA) is 85.5 Å². The number of aliphatic hydroxyl groups is 2. The van der Waals surface area contributed by atoms with Crippen LogP contribution in [0.4, 0.5) is 0 Å². The van der Waals surface area contributed by atoms with Crippen LogP contribution in [0.3, 0.4) is 0 Å². The zero-order chi connectivity index (χ0) is 13.4. The summed E-state index contributed by atoms with van der Waals surface area (Å²) in [4.78, 5) is 0. The average molecular weight is 250 g/mol. The minimum absolute atomic E-state index is 0.0158. The maximum atomic E-state index is 9.15. The molecule has 1 rings (SSSR count). The molecule has 0 radical (unpaired) electrons. The van der Waals surface area contributed by atoms with Crippen LogP contribution < -0.4 is 10.1 Å². The van der Waals surface area contributed by atoms with Crippen molar-refractivity contribution < 1.29 is 14.9 Å². The van der Waals surface area contributed by atoms with Crippen molar-refractivity contribution in [1.29, 1.82) is 5.26 Å². The minimum Gasteiger partial charge on any atom is -0.479 e. The van der Waals surface area contributed by atoms with E-state index in [4.69, 9.17) is 20.2 Å². The van der Waals surface area contributed by atoms with Gasteiger partial charge < -0.3 is 20.3 Å². The molecule has 0 atom stereocenters. The van der Waals surface area contributed by atoms with E-state index in [1.54, 1.807) is 13.0 Å². The third kappa shape index (κ3) is 4.34. The van der Waals surface area contributed by atoms with Gasteiger partial charge in [-0.2, -0.15) is 5.26 Å². The monoisotopic (exact) mass is 250 g/mol. The standard InChI is InChI=1S/C13H18N2O3/c1-13(9-16,10-17)15-8-11-3-2-4-12(7-11)18-6-5-14/h2-4,7,15-17H,6,8-10H2,1H3. The van der Waals surface area contributed by atoms with E-state index in [2.05, 4.69) is 5.32 Å². The third-order valence-corrected chi connectivity index (χ3v) is 2.62. The fourth-order valence-corrected chi connectivity index (χ4v) is 1.34. The molecule has 1 aromatic carbocycles. The van der Waals surface area contributed by atoms with E-state index in [0.717, 1.165) is 5.56 Å². The number of ether oxygens (including phenoxy) is 1. The zero-order valence-electron chi connectivity index (χ0n) is 10.4. The molecule has 0 saturated carbocycles. The number of rotatable bonds is 7. The largest absolute Gasteiger partial charge is 0.479 e. The molecule has 3 N–H and O–H groups in total. The van der Waals surface area contributed by atoms with Crippen molar-refractivity contribution >= 4 is 0 Å². The number of nitrogens with one attached hydrogen (secondary N) is 1. The first-order chi connectivity index (χ1) is 8.63. The summed E-state index contributed by atoms with van der Waals surface area (Å²) in [5.41, 5.74) is 0.252. The van der Waals surface area contributed by atoms with Crippen molar-refractivity contribution in [3.05, 3.63) is 29.8 Å². The van der Waals surface area contributed by atoms with Crippen LogP contribution in [0.2, 0.25) is 0 Å². The van der Waals surface area contributed by atoms with Crippen LogP contribution in [0.15, 0.2) is 24.3 Å². The molecule has 98 valence electrons. The molecule has 0 amide bonds. The van der Waals surface area contributed by atoms with E-state index in [9.17, 15) is 0 Å². The maximum absolute atomic E-state index is 9.15. The van der Waals surface area contributed by atoms with E-state index in [0.29, 0.717) is 12.3 Å². The second kappa shape index (κ2) is 6.97. The van der Waals surface area contributed by atoms with Gasteiger partial charge in [-0.05, 0) is 24.6 Å². The third-order valence-electron chi connectivity index (χ3n) is 2.62. The lowest BCUT2D eigenvalue weighted by Gasteiger charge is -2.26. The number of nitriles is 1. The predicted molar refractivity (Wildman–Crippen MR) is 67.0 cm³/mol. The second-order valence-electron chi connectivity index (χ2n) is 4.32. The van der Waals surface area contributed by atoms with Crippen molar-refractivity contribution in [3.8, 4) is 11.8 Å². The fraction of sp³-hybridized carbons (Fsp3) is 0.462. The predicted octanol–water partition coefficient (Wildman–Crippen LogP) is 0.422. The highest BCUT2D eigenvalue weighted by Crippen LogP contribution is 2.14. The Balaban J connectivity index is 2.60. The van der Waals surface area contributed by atoms with Gasteiger partial charge in [-0.3, -0.25) is 0 Å². The Morgan fingerprint density at radius 2 is 2.11 bits per heavy atom. The van der Waals surface area contributed by atoms with E-state index in [1.165, 1.54) is 0 Å². The van der Waals surface area contributed by atoms with Gasteiger partial charge in [-0.25, -0.2) is 0 Å². The molecule has 0 aliphatic carbocycles. The van der Waals surface area contributed by atoms with Gasteiger partial charge in [0, 0.05) is 6.54 Å². The van der Waals surface area contributed by atoms with Gasteiger partial charge in [0.15, 0.2) is 6.61 Å². The molecule has 0 aliphatic rings. The summed E-state index contributed by atoms with van der Waals surface area (Å²) >= 11 is 0. The molecule has 0 unspecified atom stereocenters. The summed E-state index contributed by atoms with van der Waals surface area (Å²) < 4.78 is 5.19. The SMILES string of the molecule is CC(CO)(CO)NCc1cccc(OCC#N)c1. The molecule has 18 heavy (non-hydrogen) atoms. The highest BCUT2D eigenvalue weighted by molar-refractivity contribution is 5.28. The molecule has 0 saturated heterocycles. The molecular formula is C13H18N2O3. The number of hydrogen-bond acceptors (Lipinski definition) is 5. The molecule has 0 aromatic heterocycles. The van der Waals surface area contributed by atoms with Gasteiger partial charge >= 0.3 is 0 Å². The van der Waals surface area contributed by atoms with Crippen LogP contribution in [0.1, 0.15) is 12.5 Å². The van der Waals surface area contributed by atoms with Gasteiger partial charge in [0.05, 0.1) is 18.8 Å². The lowest BCUT2D eigenvalue weighted by atomic mass is 10.0. The van der Waals surface area contributed by atoms with E-state index < -0.39 is 5.54 Å². The van der Waals surface area contributed by atoms with Crippen LogP contribution >= 0.6 is 0 Å². The van der Waals surface area contributed by atoms with Crippen molar-refractivity contribution in [2.24, 2.45) is 0 Å². The Kier molecular flexibility index (Phi) is 5.59. The van der Waals surface area contributed by atoms with Crippen LogP contribution in [0, 0.1) is 11.3 Å². The van der Waals surface area contributed by atoms with Crippen molar-refractivity contribution in [3.63, 3.8) is 0 Å².